The second-order valence-corrected chi connectivity index (χ2v) is 11.0. The van der Waals surface area contributed by atoms with E-state index in [9.17, 15) is 14.4 Å². The van der Waals surface area contributed by atoms with E-state index in [1.807, 2.05) is 60.8 Å². The van der Waals surface area contributed by atoms with Crippen LogP contribution in [0.4, 0.5) is 0 Å². The number of carbonyl (C=O) groups is 2. The fourth-order valence-electron chi connectivity index (χ4n) is 5.85. The van der Waals surface area contributed by atoms with Crippen LogP contribution in [0.25, 0.3) is 5.69 Å². The zero-order valence-corrected chi connectivity index (χ0v) is 26.0. The summed E-state index contributed by atoms with van der Waals surface area (Å²) in [5.41, 5.74) is 1.91. The number of likely N-dealkylation sites (tertiary alicyclic amines) is 1. The quantitative estimate of drug-likeness (QED) is 0.259. The van der Waals surface area contributed by atoms with E-state index in [-0.39, 0.29) is 42.3 Å². The van der Waals surface area contributed by atoms with Crippen molar-refractivity contribution in [2.45, 2.75) is 51.7 Å². The Morgan fingerprint density at radius 3 is 2.55 bits per heavy atom. The Kier molecular flexibility index (Phi) is 12.6. The molecule has 0 bridgehead atoms. The van der Waals surface area contributed by atoms with Gasteiger partial charge in [0.15, 0.2) is 5.76 Å². The molecule has 1 fully saturated rings. The van der Waals surface area contributed by atoms with E-state index in [1.54, 1.807) is 10.8 Å². The molecule has 242 valence electrons. The van der Waals surface area contributed by atoms with Gasteiger partial charge in [-0.05, 0) is 51.3 Å². The van der Waals surface area contributed by atoms with E-state index in [0.717, 1.165) is 24.3 Å². The van der Waals surface area contributed by atoms with Crippen molar-refractivity contribution >= 4 is 11.8 Å². The number of aliphatic hydroxyl groups is 1. The highest BCUT2D eigenvalue weighted by atomic mass is 16.7. The fraction of sp³-hybridized carbons (Fsp3) is 0.594. The van der Waals surface area contributed by atoms with Crippen LogP contribution in [-0.2, 0) is 35.6 Å². The van der Waals surface area contributed by atoms with Gasteiger partial charge >= 0.3 is 0 Å². The molecule has 2 amide bonds. The molecule has 3 atom stereocenters. The number of amides is 2. The standard InChI is InChI=1S/C32H46N4O8/c1-4-43-32-25(13-18-41-20-21-42-19-17-37)26(29-23(2)34(3)36(31(29)40)24-10-6-5-7-11-24)22-27(44-32)30(39)33-14-9-16-35-15-8-12-28(35)38/h5-7,10-11,22,25-26,32,37H,4,8-9,12-21H2,1-3H3,(H,33,39)/t25-,26+,32-/m0/s1. The Balaban J connectivity index is 1.58. The second kappa shape index (κ2) is 16.6. The van der Waals surface area contributed by atoms with Gasteiger partial charge in [0.2, 0.25) is 12.2 Å². The van der Waals surface area contributed by atoms with Gasteiger partial charge in [0.25, 0.3) is 11.5 Å². The summed E-state index contributed by atoms with van der Waals surface area (Å²) in [6.45, 7) is 7.13. The molecule has 0 radical (unpaired) electrons. The number of hydrogen-bond acceptors (Lipinski definition) is 8. The molecule has 2 aliphatic rings. The van der Waals surface area contributed by atoms with Gasteiger partial charge in [0, 0.05) is 69.4 Å². The molecule has 0 unspecified atom stereocenters. The largest absolute Gasteiger partial charge is 0.459 e. The maximum atomic E-state index is 14.1. The lowest BCUT2D eigenvalue weighted by Gasteiger charge is -2.36. The molecular formula is C32H46N4O8. The Labute approximate surface area is 258 Å². The fourth-order valence-corrected chi connectivity index (χ4v) is 5.85. The third-order valence-corrected chi connectivity index (χ3v) is 8.14. The number of ether oxygens (including phenoxy) is 4. The van der Waals surface area contributed by atoms with Crippen LogP contribution in [0, 0.1) is 12.8 Å². The monoisotopic (exact) mass is 614 g/mol. The van der Waals surface area contributed by atoms with Crippen LogP contribution >= 0.6 is 0 Å². The van der Waals surface area contributed by atoms with Gasteiger partial charge in [-0.15, -0.1) is 0 Å². The Hall–Kier alpha value is -3.45. The topological polar surface area (TPSA) is 133 Å². The van der Waals surface area contributed by atoms with Crippen LogP contribution in [0.15, 0.2) is 47.0 Å². The number of benzene rings is 1. The minimum Gasteiger partial charge on any atom is -0.459 e. The molecule has 1 aromatic heterocycles. The van der Waals surface area contributed by atoms with E-state index >= 15 is 0 Å². The molecule has 2 aliphatic heterocycles. The lowest BCUT2D eigenvalue weighted by molar-refractivity contribution is -0.168. The maximum absolute atomic E-state index is 14.1. The van der Waals surface area contributed by atoms with E-state index in [2.05, 4.69) is 5.32 Å². The average molecular weight is 615 g/mol. The molecule has 4 rings (SSSR count). The molecule has 12 nitrogen and oxygen atoms in total. The molecule has 2 aromatic rings. The second-order valence-electron chi connectivity index (χ2n) is 11.0. The summed E-state index contributed by atoms with van der Waals surface area (Å²) in [6.07, 6.45) is 3.55. The van der Waals surface area contributed by atoms with Crippen LogP contribution in [0.5, 0.6) is 0 Å². The first kappa shape index (κ1) is 33.4. The molecule has 1 aromatic carbocycles. The summed E-state index contributed by atoms with van der Waals surface area (Å²) in [4.78, 5) is 41.2. The molecule has 0 spiro atoms. The first-order valence-corrected chi connectivity index (χ1v) is 15.5. The third-order valence-electron chi connectivity index (χ3n) is 8.14. The summed E-state index contributed by atoms with van der Waals surface area (Å²) in [5.74, 6) is -0.927. The lowest BCUT2D eigenvalue weighted by atomic mass is 9.81. The third kappa shape index (κ3) is 8.17. The van der Waals surface area contributed by atoms with Crippen molar-refractivity contribution in [1.29, 1.82) is 0 Å². The van der Waals surface area contributed by atoms with Crippen molar-refractivity contribution < 1.29 is 33.6 Å². The van der Waals surface area contributed by atoms with Crippen molar-refractivity contribution in [3.8, 4) is 5.69 Å². The van der Waals surface area contributed by atoms with Crippen LogP contribution in [-0.4, -0.2) is 96.7 Å². The zero-order valence-electron chi connectivity index (χ0n) is 26.0. The molecule has 2 N–H and O–H groups in total. The number of nitrogens with zero attached hydrogens (tertiary/aromatic N) is 3. The van der Waals surface area contributed by atoms with Crippen molar-refractivity contribution in [3.63, 3.8) is 0 Å². The van der Waals surface area contributed by atoms with E-state index in [0.29, 0.717) is 64.3 Å². The zero-order chi connectivity index (χ0) is 31.5. The smallest absolute Gasteiger partial charge is 0.286 e. The molecule has 3 heterocycles. The van der Waals surface area contributed by atoms with Gasteiger partial charge in [-0.3, -0.25) is 19.1 Å². The van der Waals surface area contributed by atoms with Gasteiger partial charge in [0.1, 0.15) is 0 Å². The van der Waals surface area contributed by atoms with Gasteiger partial charge in [-0.25, -0.2) is 4.68 Å². The molecular weight excluding hydrogens is 568 g/mol. The lowest BCUT2D eigenvalue weighted by Crippen LogP contribution is -2.41. The molecule has 0 saturated carbocycles. The number of nitrogens with one attached hydrogen (secondary N) is 1. The molecule has 0 aliphatic carbocycles. The molecule has 12 heteroatoms. The van der Waals surface area contributed by atoms with Crippen molar-refractivity contribution in [1.82, 2.24) is 19.6 Å². The number of hydrogen-bond donors (Lipinski definition) is 2. The first-order chi connectivity index (χ1) is 21.4. The predicted molar refractivity (Wildman–Crippen MR) is 163 cm³/mol. The first-order valence-electron chi connectivity index (χ1n) is 15.5. The number of carbonyl (C=O) groups excluding carboxylic acids is 2. The Bertz CT molecular complexity index is 1320. The summed E-state index contributed by atoms with van der Waals surface area (Å²) < 4.78 is 26.7. The van der Waals surface area contributed by atoms with Gasteiger partial charge in [0.05, 0.1) is 32.1 Å². The van der Waals surface area contributed by atoms with Crippen LogP contribution in [0.1, 0.15) is 49.8 Å². The van der Waals surface area contributed by atoms with Gasteiger partial charge in [-0.2, -0.15) is 0 Å². The van der Waals surface area contributed by atoms with E-state index < -0.39 is 12.2 Å². The summed E-state index contributed by atoms with van der Waals surface area (Å²) in [7, 11) is 1.85. The number of aromatic nitrogens is 2. The normalized spacial score (nSPS) is 20.1. The maximum Gasteiger partial charge on any atom is 0.286 e. The summed E-state index contributed by atoms with van der Waals surface area (Å²) >= 11 is 0. The number of allylic oxidation sites excluding steroid dienone is 1. The summed E-state index contributed by atoms with van der Waals surface area (Å²) in [5, 5.41) is 11.8. The van der Waals surface area contributed by atoms with Crippen LogP contribution in [0.3, 0.4) is 0 Å². The number of aliphatic hydroxyl groups excluding tert-OH is 1. The van der Waals surface area contributed by atoms with Crippen molar-refractivity contribution in [3.05, 3.63) is 63.8 Å². The average Bonchev–Trinajstić information content (AvgIpc) is 3.53. The van der Waals surface area contributed by atoms with E-state index in [1.165, 1.54) is 0 Å². The van der Waals surface area contributed by atoms with E-state index in [4.69, 9.17) is 24.1 Å². The number of rotatable bonds is 17. The van der Waals surface area contributed by atoms with Gasteiger partial charge in [-0.1, -0.05) is 18.2 Å². The Morgan fingerprint density at radius 2 is 1.86 bits per heavy atom. The number of para-hydroxylation sites is 1. The van der Waals surface area contributed by atoms with Crippen molar-refractivity contribution in [2.24, 2.45) is 13.0 Å². The van der Waals surface area contributed by atoms with Crippen LogP contribution < -0.4 is 10.9 Å². The highest BCUT2D eigenvalue weighted by molar-refractivity contribution is 5.91. The molecule has 44 heavy (non-hydrogen) atoms. The van der Waals surface area contributed by atoms with Gasteiger partial charge < -0.3 is 34.3 Å². The predicted octanol–water partition coefficient (Wildman–Crippen LogP) is 2.01. The molecule has 1 saturated heterocycles. The highest BCUT2D eigenvalue weighted by Gasteiger charge is 2.41. The SMILES string of the molecule is CCO[C@H]1OC(C(=O)NCCCN2CCCC2=O)=C[C@@H](c2c(C)n(C)n(-c3ccccc3)c2=O)[C@@H]1CCOCCOCCO. The minimum atomic E-state index is -0.781. The highest BCUT2D eigenvalue weighted by Crippen LogP contribution is 2.39. The summed E-state index contributed by atoms with van der Waals surface area (Å²) in [6, 6.07) is 9.43. The minimum absolute atomic E-state index is 0.0472. The Morgan fingerprint density at radius 1 is 1.11 bits per heavy atom. The van der Waals surface area contributed by atoms with Crippen molar-refractivity contribution in [2.75, 3.05) is 59.3 Å². The van der Waals surface area contributed by atoms with Crippen LogP contribution in [0.2, 0.25) is 0 Å².